The molecule has 6 heteroatoms. The van der Waals surface area contributed by atoms with E-state index >= 15 is 0 Å². The van der Waals surface area contributed by atoms with Gasteiger partial charge < -0.3 is 10.5 Å². The van der Waals surface area contributed by atoms with Crippen LogP contribution in [-0.2, 0) is 6.42 Å². The van der Waals surface area contributed by atoms with Crippen LogP contribution in [0.2, 0.25) is 0 Å². The molecule has 0 amide bonds. The van der Waals surface area contributed by atoms with E-state index in [1.807, 2.05) is 12.1 Å². The first-order chi connectivity index (χ1) is 9.73. The van der Waals surface area contributed by atoms with Crippen molar-refractivity contribution in [3.05, 3.63) is 28.2 Å². The lowest BCUT2D eigenvalue weighted by molar-refractivity contribution is -0.187. The topological polar surface area (TPSA) is 35.2 Å². The first-order valence-corrected chi connectivity index (χ1v) is 7.71. The fourth-order valence-corrected chi connectivity index (χ4v) is 3.41. The predicted molar refractivity (Wildman–Crippen MR) is 79.3 cm³/mol. The van der Waals surface area contributed by atoms with Crippen LogP contribution < -0.4 is 10.5 Å². The van der Waals surface area contributed by atoms with Crippen molar-refractivity contribution in [3.63, 3.8) is 0 Å². The van der Waals surface area contributed by atoms with Crippen LogP contribution in [0.15, 0.2) is 22.7 Å². The Kier molecular flexibility index (Phi) is 4.88. The SMILES string of the molecule is COc1ccc(Br)c(CC2(N)CCCC(C(F)(F)F)C2)c1. The predicted octanol–water partition coefficient (Wildman–Crippen LogP) is 4.45. The van der Waals surface area contributed by atoms with Gasteiger partial charge in [-0.1, -0.05) is 22.4 Å². The Bertz CT molecular complexity index is 506. The van der Waals surface area contributed by atoms with Gasteiger partial charge in [0.15, 0.2) is 0 Å². The normalized spacial score (nSPS) is 26.7. The summed E-state index contributed by atoms with van der Waals surface area (Å²) in [7, 11) is 1.56. The average molecular weight is 366 g/mol. The Morgan fingerprint density at radius 1 is 1.43 bits per heavy atom. The van der Waals surface area contributed by atoms with Crippen LogP contribution in [-0.4, -0.2) is 18.8 Å². The Hall–Kier alpha value is -0.750. The molecule has 1 aliphatic carbocycles. The van der Waals surface area contributed by atoms with Gasteiger partial charge in [-0.3, -0.25) is 0 Å². The lowest BCUT2D eigenvalue weighted by Gasteiger charge is -2.39. The minimum Gasteiger partial charge on any atom is -0.497 e. The van der Waals surface area contributed by atoms with Gasteiger partial charge in [-0.2, -0.15) is 13.2 Å². The van der Waals surface area contributed by atoms with Gasteiger partial charge >= 0.3 is 6.18 Å². The summed E-state index contributed by atoms with van der Waals surface area (Å²) < 4.78 is 44.8. The molecule has 0 radical (unpaired) electrons. The largest absolute Gasteiger partial charge is 0.497 e. The van der Waals surface area contributed by atoms with Gasteiger partial charge in [0, 0.05) is 10.0 Å². The minimum absolute atomic E-state index is 0.0137. The fourth-order valence-electron chi connectivity index (χ4n) is 3.03. The van der Waals surface area contributed by atoms with Crippen LogP contribution in [0.3, 0.4) is 0 Å². The second-order valence-corrected chi connectivity index (χ2v) is 6.69. The van der Waals surface area contributed by atoms with E-state index in [0.717, 1.165) is 10.0 Å². The molecular weight excluding hydrogens is 347 g/mol. The molecule has 2 N–H and O–H groups in total. The zero-order valence-electron chi connectivity index (χ0n) is 11.8. The molecule has 1 aromatic rings. The van der Waals surface area contributed by atoms with Gasteiger partial charge in [0.1, 0.15) is 5.75 Å². The summed E-state index contributed by atoms with van der Waals surface area (Å²) in [6.07, 6.45) is -2.44. The number of hydrogen-bond donors (Lipinski definition) is 1. The molecular formula is C15H19BrF3NO. The number of halogens is 4. The lowest BCUT2D eigenvalue weighted by atomic mass is 9.73. The van der Waals surface area contributed by atoms with Gasteiger partial charge in [-0.05, 0) is 49.4 Å². The number of methoxy groups -OCH3 is 1. The first-order valence-electron chi connectivity index (χ1n) is 6.91. The zero-order chi connectivity index (χ0) is 15.7. The molecule has 0 heterocycles. The molecule has 2 unspecified atom stereocenters. The van der Waals surface area contributed by atoms with E-state index in [9.17, 15) is 13.2 Å². The molecule has 0 spiro atoms. The van der Waals surface area contributed by atoms with Crippen molar-refractivity contribution in [1.82, 2.24) is 0 Å². The van der Waals surface area contributed by atoms with Crippen LogP contribution in [0.1, 0.15) is 31.2 Å². The highest BCUT2D eigenvalue weighted by Crippen LogP contribution is 2.42. The molecule has 2 nitrogen and oxygen atoms in total. The molecule has 0 aromatic heterocycles. The summed E-state index contributed by atoms with van der Waals surface area (Å²) in [6.45, 7) is 0. The van der Waals surface area contributed by atoms with Crippen molar-refractivity contribution in [2.24, 2.45) is 11.7 Å². The molecule has 0 saturated heterocycles. The van der Waals surface area contributed by atoms with Crippen LogP contribution in [0, 0.1) is 5.92 Å². The molecule has 118 valence electrons. The Labute approximate surface area is 131 Å². The first kappa shape index (κ1) is 16.6. The molecule has 0 aliphatic heterocycles. The van der Waals surface area contributed by atoms with Crippen LogP contribution in [0.5, 0.6) is 5.75 Å². The van der Waals surface area contributed by atoms with Crippen molar-refractivity contribution in [2.75, 3.05) is 7.11 Å². The van der Waals surface area contributed by atoms with Crippen molar-refractivity contribution in [2.45, 2.75) is 43.8 Å². The van der Waals surface area contributed by atoms with E-state index in [2.05, 4.69) is 15.9 Å². The maximum atomic E-state index is 12.9. The molecule has 0 bridgehead atoms. The van der Waals surface area contributed by atoms with Gasteiger partial charge in [0.25, 0.3) is 0 Å². The molecule has 1 saturated carbocycles. The minimum atomic E-state index is -4.16. The maximum absolute atomic E-state index is 12.9. The van der Waals surface area contributed by atoms with Gasteiger partial charge in [0.05, 0.1) is 13.0 Å². The molecule has 1 aromatic carbocycles. The molecule has 2 atom stereocenters. The number of rotatable bonds is 3. The summed E-state index contributed by atoms with van der Waals surface area (Å²) in [4.78, 5) is 0. The highest BCUT2D eigenvalue weighted by Gasteiger charge is 2.46. The second-order valence-electron chi connectivity index (χ2n) is 5.83. The Balaban J connectivity index is 2.17. The molecule has 2 rings (SSSR count). The Morgan fingerprint density at radius 3 is 2.76 bits per heavy atom. The van der Waals surface area contributed by atoms with Gasteiger partial charge in [0.2, 0.25) is 0 Å². The van der Waals surface area contributed by atoms with Crippen molar-refractivity contribution < 1.29 is 17.9 Å². The second kappa shape index (κ2) is 6.16. The number of ether oxygens (including phenoxy) is 1. The van der Waals surface area contributed by atoms with Gasteiger partial charge in [-0.15, -0.1) is 0 Å². The summed E-state index contributed by atoms with van der Waals surface area (Å²) in [5.74, 6) is -0.611. The average Bonchev–Trinajstić information content (AvgIpc) is 2.40. The van der Waals surface area contributed by atoms with Crippen molar-refractivity contribution >= 4 is 15.9 Å². The third kappa shape index (κ3) is 4.13. The van der Waals surface area contributed by atoms with E-state index in [0.29, 0.717) is 25.0 Å². The van der Waals surface area contributed by atoms with Crippen LogP contribution in [0.4, 0.5) is 13.2 Å². The van der Waals surface area contributed by atoms with Gasteiger partial charge in [-0.25, -0.2) is 0 Å². The highest BCUT2D eigenvalue weighted by molar-refractivity contribution is 9.10. The standard InChI is InChI=1S/C15H19BrF3NO/c1-21-12-4-5-13(16)10(7-12)8-14(20)6-2-3-11(9-14)15(17,18)19/h4-5,7,11H,2-3,6,8-9,20H2,1H3. The number of benzene rings is 1. The van der Waals surface area contributed by atoms with E-state index in [1.165, 1.54) is 0 Å². The van der Waals surface area contributed by atoms with Crippen molar-refractivity contribution in [1.29, 1.82) is 0 Å². The van der Waals surface area contributed by atoms with E-state index in [4.69, 9.17) is 10.5 Å². The summed E-state index contributed by atoms with van der Waals surface area (Å²) in [5.41, 5.74) is 6.35. The summed E-state index contributed by atoms with van der Waals surface area (Å²) in [5, 5.41) is 0. The monoisotopic (exact) mass is 365 g/mol. The Morgan fingerprint density at radius 2 is 2.14 bits per heavy atom. The highest BCUT2D eigenvalue weighted by atomic mass is 79.9. The molecule has 1 aliphatic rings. The third-order valence-corrected chi connectivity index (χ3v) is 4.91. The maximum Gasteiger partial charge on any atom is 0.391 e. The molecule has 21 heavy (non-hydrogen) atoms. The number of nitrogens with two attached hydrogens (primary N) is 1. The van der Waals surface area contributed by atoms with E-state index in [1.54, 1.807) is 13.2 Å². The lowest BCUT2D eigenvalue weighted by Crippen LogP contribution is -2.49. The van der Waals surface area contributed by atoms with E-state index in [-0.39, 0.29) is 12.8 Å². The van der Waals surface area contributed by atoms with Crippen LogP contribution in [0.25, 0.3) is 0 Å². The third-order valence-electron chi connectivity index (χ3n) is 4.14. The van der Waals surface area contributed by atoms with Crippen LogP contribution >= 0.6 is 15.9 Å². The summed E-state index contributed by atoms with van der Waals surface area (Å²) in [6, 6.07) is 5.47. The smallest absolute Gasteiger partial charge is 0.391 e. The molecule has 1 fully saturated rings. The zero-order valence-corrected chi connectivity index (χ0v) is 13.4. The summed E-state index contributed by atoms with van der Waals surface area (Å²) >= 11 is 3.43. The number of hydrogen-bond acceptors (Lipinski definition) is 2. The fraction of sp³-hybridized carbons (Fsp3) is 0.600. The van der Waals surface area contributed by atoms with E-state index < -0.39 is 17.6 Å². The number of alkyl halides is 3. The van der Waals surface area contributed by atoms with Crippen molar-refractivity contribution in [3.8, 4) is 5.75 Å². The quantitative estimate of drug-likeness (QED) is 0.858.